The molecule has 0 aromatic heterocycles. The highest BCUT2D eigenvalue weighted by atomic mass is 19.1. The summed E-state index contributed by atoms with van der Waals surface area (Å²) in [7, 11) is 0. The minimum absolute atomic E-state index is 0.146. The number of hydrogen-bond acceptors (Lipinski definition) is 2. The Labute approximate surface area is 97.0 Å². The van der Waals surface area contributed by atoms with Crippen molar-refractivity contribution in [2.45, 2.75) is 33.4 Å². The zero-order valence-electron chi connectivity index (χ0n) is 10.3. The predicted molar refractivity (Wildman–Crippen MR) is 65.7 cm³/mol. The average molecular weight is 224 g/mol. The molecule has 0 saturated carbocycles. The monoisotopic (exact) mass is 224 g/mol. The summed E-state index contributed by atoms with van der Waals surface area (Å²) in [6.45, 7) is 7.21. The Morgan fingerprint density at radius 3 is 2.56 bits per heavy atom. The van der Waals surface area contributed by atoms with Crippen LogP contribution in [0.1, 0.15) is 25.0 Å². The van der Waals surface area contributed by atoms with Gasteiger partial charge in [-0.25, -0.2) is 4.39 Å². The Morgan fingerprint density at radius 2 is 2.06 bits per heavy atom. The first-order chi connectivity index (χ1) is 7.54. The fourth-order valence-corrected chi connectivity index (χ4v) is 1.63. The minimum atomic E-state index is -0.146. The van der Waals surface area contributed by atoms with Crippen molar-refractivity contribution in [3.05, 3.63) is 35.1 Å². The van der Waals surface area contributed by atoms with Gasteiger partial charge in [-0.3, -0.25) is 0 Å². The number of benzene rings is 1. The van der Waals surface area contributed by atoms with Gasteiger partial charge in [0.05, 0.1) is 0 Å². The third-order valence-corrected chi connectivity index (χ3v) is 2.82. The van der Waals surface area contributed by atoms with Crippen molar-refractivity contribution >= 4 is 0 Å². The maximum Gasteiger partial charge on any atom is 0.127 e. The van der Waals surface area contributed by atoms with E-state index < -0.39 is 0 Å². The van der Waals surface area contributed by atoms with Gasteiger partial charge in [-0.1, -0.05) is 26.0 Å². The minimum Gasteiger partial charge on any atom is -0.329 e. The fraction of sp³-hybridized carbons (Fsp3) is 0.538. The van der Waals surface area contributed by atoms with E-state index in [1.54, 1.807) is 6.07 Å². The maximum absolute atomic E-state index is 13.5. The topological polar surface area (TPSA) is 38.0 Å². The van der Waals surface area contributed by atoms with E-state index in [4.69, 9.17) is 5.73 Å². The SMILES string of the molecule is Cc1ccc(CNC(CN)C(C)C)c(F)c1. The molecule has 2 nitrogen and oxygen atoms in total. The van der Waals surface area contributed by atoms with Crippen LogP contribution >= 0.6 is 0 Å². The average Bonchev–Trinajstić information content (AvgIpc) is 2.21. The summed E-state index contributed by atoms with van der Waals surface area (Å²) in [5.41, 5.74) is 7.29. The van der Waals surface area contributed by atoms with E-state index in [1.807, 2.05) is 19.1 Å². The van der Waals surface area contributed by atoms with Crippen LogP contribution in [0.5, 0.6) is 0 Å². The number of aryl methyl sites for hydroxylation is 1. The fourth-order valence-electron chi connectivity index (χ4n) is 1.63. The lowest BCUT2D eigenvalue weighted by Crippen LogP contribution is -2.39. The summed E-state index contributed by atoms with van der Waals surface area (Å²) in [6.07, 6.45) is 0. The smallest absolute Gasteiger partial charge is 0.127 e. The van der Waals surface area contributed by atoms with Crippen LogP contribution in [-0.4, -0.2) is 12.6 Å². The second-order valence-corrected chi connectivity index (χ2v) is 4.56. The number of halogens is 1. The summed E-state index contributed by atoms with van der Waals surface area (Å²) in [6, 6.07) is 5.54. The molecule has 16 heavy (non-hydrogen) atoms. The third-order valence-electron chi connectivity index (χ3n) is 2.82. The van der Waals surface area contributed by atoms with E-state index >= 15 is 0 Å². The lowest BCUT2D eigenvalue weighted by atomic mass is 10.0. The van der Waals surface area contributed by atoms with Crippen molar-refractivity contribution in [3.8, 4) is 0 Å². The van der Waals surface area contributed by atoms with Gasteiger partial charge in [0.15, 0.2) is 0 Å². The molecule has 1 rings (SSSR count). The first kappa shape index (κ1) is 13.1. The van der Waals surface area contributed by atoms with Gasteiger partial charge < -0.3 is 11.1 Å². The van der Waals surface area contributed by atoms with Crippen molar-refractivity contribution in [1.29, 1.82) is 0 Å². The Bertz CT molecular complexity index is 337. The van der Waals surface area contributed by atoms with Gasteiger partial charge in [-0.2, -0.15) is 0 Å². The third kappa shape index (κ3) is 3.58. The van der Waals surface area contributed by atoms with Gasteiger partial charge in [0, 0.05) is 24.7 Å². The van der Waals surface area contributed by atoms with Gasteiger partial charge >= 0.3 is 0 Å². The predicted octanol–water partition coefficient (Wildman–Crippen LogP) is 2.21. The number of hydrogen-bond donors (Lipinski definition) is 2. The highest BCUT2D eigenvalue weighted by molar-refractivity contribution is 5.23. The van der Waals surface area contributed by atoms with Crippen molar-refractivity contribution in [1.82, 2.24) is 5.32 Å². The molecule has 0 aliphatic carbocycles. The first-order valence-electron chi connectivity index (χ1n) is 5.73. The van der Waals surface area contributed by atoms with Crippen LogP contribution in [0.3, 0.4) is 0 Å². The Kier molecular flexibility index (Phi) is 4.90. The van der Waals surface area contributed by atoms with Gasteiger partial charge in [-0.05, 0) is 24.5 Å². The molecule has 90 valence electrons. The van der Waals surface area contributed by atoms with E-state index in [9.17, 15) is 4.39 Å². The van der Waals surface area contributed by atoms with Crippen LogP contribution in [0.25, 0.3) is 0 Å². The molecule has 3 heteroatoms. The van der Waals surface area contributed by atoms with Crippen LogP contribution < -0.4 is 11.1 Å². The largest absolute Gasteiger partial charge is 0.329 e. The standard InChI is InChI=1S/C13H21FN2/c1-9(2)13(7-15)16-8-11-5-4-10(3)6-12(11)14/h4-6,9,13,16H,7-8,15H2,1-3H3. The van der Waals surface area contributed by atoms with Crippen LogP contribution in [0, 0.1) is 18.7 Å². The zero-order chi connectivity index (χ0) is 12.1. The molecule has 0 radical (unpaired) electrons. The van der Waals surface area contributed by atoms with Crippen molar-refractivity contribution in [3.63, 3.8) is 0 Å². The lowest BCUT2D eigenvalue weighted by molar-refractivity contribution is 0.401. The lowest BCUT2D eigenvalue weighted by Gasteiger charge is -2.20. The van der Waals surface area contributed by atoms with Crippen LogP contribution in [0.15, 0.2) is 18.2 Å². The van der Waals surface area contributed by atoms with Crippen molar-refractivity contribution in [2.75, 3.05) is 6.54 Å². The number of rotatable bonds is 5. The Hall–Kier alpha value is -0.930. The second kappa shape index (κ2) is 5.97. The number of nitrogens with two attached hydrogens (primary N) is 1. The molecule has 1 atom stereocenters. The normalized spacial score (nSPS) is 13.1. The van der Waals surface area contributed by atoms with Crippen LogP contribution in [-0.2, 0) is 6.54 Å². The highest BCUT2D eigenvalue weighted by Gasteiger charge is 2.11. The molecule has 1 unspecified atom stereocenters. The van der Waals surface area contributed by atoms with Crippen molar-refractivity contribution in [2.24, 2.45) is 11.7 Å². The quantitative estimate of drug-likeness (QED) is 0.804. The highest BCUT2D eigenvalue weighted by Crippen LogP contribution is 2.10. The first-order valence-corrected chi connectivity index (χ1v) is 5.73. The Morgan fingerprint density at radius 1 is 1.38 bits per heavy atom. The molecular formula is C13H21FN2. The molecule has 0 bridgehead atoms. The van der Waals surface area contributed by atoms with Gasteiger partial charge in [-0.15, -0.1) is 0 Å². The molecule has 3 N–H and O–H groups in total. The summed E-state index contributed by atoms with van der Waals surface area (Å²) >= 11 is 0. The summed E-state index contributed by atoms with van der Waals surface area (Å²) < 4.78 is 13.5. The summed E-state index contributed by atoms with van der Waals surface area (Å²) in [4.78, 5) is 0. The number of nitrogens with one attached hydrogen (secondary N) is 1. The van der Waals surface area contributed by atoms with Gasteiger partial charge in [0.2, 0.25) is 0 Å². The van der Waals surface area contributed by atoms with E-state index in [0.29, 0.717) is 24.6 Å². The van der Waals surface area contributed by atoms with Gasteiger partial charge in [0.1, 0.15) is 5.82 Å². The molecule has 1 aromatic carbocycles. The molecule has 0 fully saturated rings. The van der Waals surface area contributed by atoms with E-state index in [-0.39, 0.29) is 11.9 Å². The molecule has 0 spiro atoms. The van der Waals surface area contributed by atoms with E-state index in [1.165, 1.54) is 0 Å². The van der Waals surface area contributed by atoms with Gasteiger partial charge in [0.25, 0.3) is 0 Å². The van der Waals surface area contributed by atoms with E-state index in [2.05, 4.69) is 19.2 Å². The molecule has 0 aliphatic rings. The summed E-state index contributed by atoms with van der Waals surface area (Å²) in [5.74, 6) is 0.311. The molecular weight excluding hydrogens is 203 g/mol. The molecule has 0 aliphatic heterocycles. The van der Waals surface area contributed by atoms with E-state index in [0.717, 1.165) is 5.56 Å². The maximum atomic E-state index is 13.5. The Balaban J connectivity index is 2.60. The summed E-state index contributed by atoms with van der Waals surface area (Å²) in [5, 5.41) is 3.28. The van der Waals surface area contributed by atoms with Crippen LogP contribution in [0.4, 0.5) is 4.39 Å². The second-order valence-electron chi connectivity index (χ2n) is 4.56. The molecule has 0 saturated heterocycles. The zero-order valence-corrected chi connectivity index (χ0v) is 10.3. The molecule has 0 amide bonds. The molecule has 0 heterocycles. The van der Waals surface area contributed by atoms with Crippen molar-refractivity contribution < 1.29 is 4.39 Å². The molecule has 1 aromatic rings. The van der Waals surface area contributed by atoms with Crippen LogP contribution in [0.2, 0.25) is 0 Å².